The molecule has 4 heteroatoms. The van der Waals surface area contributed by atoms with Crippen molar-refractivity contribution < 1.29 is 14.0 Å². The first-order chi connectivity index (χ1) is 9.04. The fourth-order valence-electron chi connectivity index (χ4n) is 2.73. The highest BCUT2D eigenvalue weighted by atomic mass is 31.2. The lowest BCUT2D eigenvalue weighted by Crippen LogP contribution is -2.27. The predicted octanol–water partition coefficient (Wildman–Crippen LogP) is 4.70. The molecule has 0 heterocycles. The van der Waals surface area contributed by atoms with Crippen molar-refractivity contribution in [3.8, 4) is 0 Å². The highest BCUT2D eigenvalue weighted by Crippen LogP contribution is 2.65. The van der Waals surface area contributed by atoms with Gasteiger partial charge in [0, 0.05) is 0 Å². The van der Waals surface area contributed by atoms with Gasteiger partial charge in [0.15, 0.2) is 0 Å². The molecule has 0 saturated carbocycles. The van der Waals surface area contributed by atoms with Crippen molar-refractivity contribution in [2.75, 3.05) is 6.61 Å². The number of hydrogen-bond acceptors (Lipinski definition) is 2. The Morgan fingerprint density at radius 2 is 1.63 bits per heavy atom. The van der Waals surface area contributed by atoms with Crippen molar-refractivity contribution >= 4 is 7.60 Å². The molecule has 0 aromatic heterocycles. The zero-order valence-electron chi connectivity index (χ0n) is 12.1. The van der Waals surface area contributed by atoms with Crippen LogP contribution in [0.3, 0.4) is 0 Å². The van der Waals surface area contributed by atoms with E-state index in [4.69, 9.17) is 4.52 Å². The van der Waals surface area contributed by atoms with E-state index < -0.39 is 12.8 Å². The first-order valence-corrected chi connectivity index (χ1v) is 8.64. The van der Waals surface area contributed by atoms with Crippen molar-refractivity contribution in [3.05, 3.63) is 35.9 Å². The van der Waals surface area contributed by atoms with Crippen LogP contribution in [0.15, 0.2) is 30.3 Å². The lowest BCUT2D eigenvalue weighted by molar-refractivity contribution is 0.234. The van der Waals surface area contributed by atoms with Gasteiger partial charge in [-0.2, -0.15) is 0 Å². The van der Waals surface area contributed by atoms with Crippen LogP contribution in [0.4, 0.5) is 0 Å². The van der Waals surface area contributed by atoms with E-state index in [-0.39, 0.29) is 6.61 Å². The van der Waals surface area contributed by atoms with Gasteiger partial charge in [-0.15, -0.1) is 0 Å². The second kappa shape index (κ2) is 7.23. The second-order valence-corrected chi connectivity index (χ2v) is 6.99. The van der Waals surface area contributed by atoms with Gasteiger partial charge in [0.2, 0.25) is 0 Å². The SMILES string of the molecule is CCCC(CCC)(c1ccccc1)P(=O)(O)OCC. The summed E-state index contributed by atoms with van der Waals surface area (Å²) in [7, 11) is -3.69. The van der Waals surface area contributed by atoms with Gasteiger partial charge in [0.25, 0.3) is 0 Å². The topological polar surface area (TPSA) is 46.5 Å². The van der Waals surface area contributed by atoms with E-state index in [9.17, 15) is 9.46 Å². The zero-order valence-corrected chi connectivity index (χ0v) is 13.0. The lowest BCUT2D eigenvalue weighted by Gasteiger charge is -2.37. The summed E-state index contributed by atoms with van der Waals surface area (Å²) in [6, 6.07) is 9.64. The average Bonchev–Trinajstić information content (AvgIpc) is 2.39. The summed E-state index contributed by atoms with van der Waals surface area (Å²) in [5.41, 5.74) is 0.915. The minimum absolute atomic E-state index is 0.260. The molecule has 0 bridgehead atoms. The zero-order chi connectivity index (χ0) is 14.4. The molecule has 1 N–H and O–H groups in total. The maximum absolute atomic E-state index is 12.7. The summed E-state index contributed by atoms with van der Waals surface area (Å²) >= 11 is 0. The van der Waals surface area contributed by atoms with Crippen LogP contribution >= 0.6 is 7.60 Å². The van der Waals surface area contributed by atoms with Crippen LogP contribution in [-0.4, -0.2) is 11.5 Å². The maximum Gasteiger partial charge on any atom is 0.338 e. The molecule has 1 rings (SSSR count). The summed E-state index contributed by atoms with van der Waals surface area (Å²) in [5.74, 6) is 0. The molecule has 19 heavy (non-hydrogen) atoms. The standard InChI is InChI=1S/C15H25O3P/c1-4-12-15(13-5-2,19(16,17)18-6-3)14-10-8-7-9-11-14/h7-11H,4-6,12-13H2,1-3H3,(H,16,17). The van der Waals surface area contributed by atoms with Crippen molar-refractivity contribution in [1.82, 2.24) is 0 Å². The molecule has 0 fully saturated rings. The first kappa shape index (κ1) is 16.4. The molecule has 1 unspecified atom stereocenters. The average molecular weight is 284 g/mol. The van der Waals surface area contributed by atoms with Gasteiger partial charge in [-0.25, -0.2) is 0 Å². The van der Waals surface area contributed by atoms with E-state index in [1.165, 1.54) is 0 Å². The summed E-state index contributed by atoms with van der Waals surface area (Å²) in [5, 5.41) is -0.770. The summed E-state index contributed by atoms with van der Waals surface area (Å²) < 4.78 is 18.0. The molecule has 0 radical (unpaired) electrons. The molecule has 1 aromatic carbocycles. The fourth-order valence-corrected chi connectivity index (χ4v) is 4.82. The summed E-state index contributed by atoms with van der Waals surface area (Å²) in [6.45, 7) is 6.10. The summed E-state index contributed by atoms with van der Waals surface area (Å²) in [6.07, 6.45) is 3.04. The molecule has 0 aliphatic heterocycles. The van der Waals surface area contributed by atoms with Gasteiger partial charge >= 0.3 is 7.60 Å². The Morgan fingerprint density at radius 1 is 1.11 bits per heavy atom. The number of rotatable bonds is 8. The molecular weight excluding hydrogens is 259 g/mol. The van der Waals surface area contributed by atoms with Gasteiger partial charge < -0.3 is 9.42 Å². The van der Waals surface area contributed by atoms with Crippen molar-refractivity contribution in [3.63, 3.8) is 0 Å². The number of hydrogen-bond donors (Lipinski definition) is 1. The largest absolute Gasteiger partial charge is 0.338 e. The predicted molar refractivity (Wildman–Crippen MR) is 79.4 cm³/mol. The van der Waals surface area contributed by atoms with Gasteiger partial charge in [-0.05, 0) is 25.3 Å². The van der Waals surface area contributed by atoms with Gasteiger partial charge in [0.05, 0.1) is 11.8 Å². The highest BCUT2D eigenvalue weighted by Gasteiger charge is 2.48. The monoisotopic (exact) mass is 284 g/mol. The van der Waals surface area contributed by atoms with Gasteiger partial charge in [-0.3, -0.25) is 4.57 Å². The molecule has 1 aromatic rings. The van der Waals surface area contributed by atoms with Gasteiger partial charge in [0.1, 0.15) is 0 Å². The van der Waals surface area contributed by atoms with E-state index in [1.807, 2.05) is 44.2 Å². The van der Waals surface area contributed by atoms with Crippen LogP contribution in [0.5, 0.6) is 0 Å². The molecule has 0 saturated heterocycles. The molecule has 0 amide bonds. The Bertz CT molecular complexity index is 411. The Balaban J connectivity index is 3.33. The van der Waals surface area contributed by atoms with Gasteiger partial charge in [-0.1, -0.05) is 57.0 Å². The summed E-state index contributed by atoms with van der Waals surface area (Å²) in [4.78, 5) is 10.5. The fraction of sp³-hybridized carbons (Fsp3) is 0.600. The van der Waals surface area contributed by atoms with E-state index in [0.717, 1.165) is 18.4 Å². The normalized spacial score (nSPS) is 15.2. The van der Waals surface area contributed by atoms with E-state index in [1.54, 1.807) is 6.92 Å². The van der Waals surface area contributed by atoms with E-state index >= 15 is 0 Å². The van der Waals surface area contributed by atoms with Crippen LogP contribution in [-0.2, 0) is 14.2 Å². The van der Waals surface area contributed by atoms with Crippen LogP contribution < -0.4 is 0 Å². The van der Waals surface area contributed by atoms with Crippen molar-refractivity contribution in [1.29, 1.82) is 0 Å². The molecule has 0 aliphatic rings. The third-order valence-corrected chi connectivity index (χ3v) is 5.88. The molecular formula is C15H25O3P. The second-order valence-electron chi connectivity index (χ2n) is 4.84. The van der Waals surface area contributed by atoms with Crippen LogP contribution in [0.25, 0.3) is 0 Å². The Morgan fingerprint density at radius 3 is 2.05 bits per heavy atom. The van der Waals surface area contributed by atoms with Crippen LogP contribution in [0.1, 0.15) is 52.0 Å². The molecule has 1 atom stereocenters. The van der Waals surface area contributed by atoms with Crippen LogP contribution in [0, 0.1) is 0 Å². The smallest absolute Gasteiger partial charge is 0.324 e. The minimum Gasteiger partial charge on any atom is -0.324 e. The third-order valence-electron chi connectivity index (χ3n) is 3.48. The Labute approximate surface area is 116 Å². The first-order valence-electron chi connectivity index (χ1n) is 7.07. The van der Waals surface area contributed by atoms with Crippen molar-refractivity contribution in [2.45, 2.75) is 51.6 Å². The van der Waals surface area contributed by atoms with Crippen molar-refractivity contribution in [2.24, 2.45) is 0 Å². The molecule has 3 nitrogen and oxygen atoms in total. The molecule has 108 valence electrons. The van der Waals surface area contributed by atoms with Crippen LogP contribution in [0.2, 0.25) is 0 Å². The Kier molecular flexibility index (Phi) is 6.25. The highest BCUT2D eigenvalue weighted by molar-refractivity contribution is 7.54. The lowest BCUT2D eigenvalue weighted by atomic mass is 9.89. The third kappa shape index (κ3) is 3.47. The molecule has 0 aliphatic carbocycles. The Hall–Kier alpha value is -0.630. The maximum atomic E-state index is 12.7. The van der Waals surface area contributed by atoms with E-state index in [2.05, 4.69) is 0 Å². The quantitative estimate of drug-likeness (QED) is 0.703. The van der Waals surface area contributed by atoms with E-state index in [0.29, 0.717) is 12.8 Å². The minimum atomic E-state index is -3.69. The number of benzene rings is 1. The molecule has 0 spiro atoms.